The zero-order valence-electron chi connectivity index (χ0n) is 17.1. The standard InChI is InChI=1S/C21H26ClFN2O4/c1-5-28-18(26)21(13-24,15-6-7-17(23)16(22)12-15)14-8-10-25(11-9-14)19(27)29-20(2,3)4/h6-7,12,14H,5,8-11H2,1-4H3. The zero-order chi connectivity index (χ0) is 21.8. The maximum absolute atomic E-state index is 13.7. The SMILES string of the molecule is CCOC(=O)C(C#N)(c1ccc(F)c(Cl)c1)C1CCN(C(=O)OC(C)(C)C)CC1. The fourth-order valence-electron chi connectivity index (χ4n) is 3.53. The highest BCUT2D eigenvalue weighted by molar-refractivity contribution is 6.30. The van der Waals surface area contributed by atoms with E-state index in [1.165, 1.54) is 12.1 Å². The second kappa shape index (κ2) is 9.00. The minimum Gasteiger partial charge on any atom is -0.465 e. The van der Waals surface area contributed by atoms with Gasteiger partial charge in [-0.25, -0.2) is 14.0 Å². The van der Waals surface area contributed by atoms with Crippen LogP contribution in [0.1, 0.15) is 46.1 Å². The summed E-state index contributed by atoms with van der Waals surface area (Å²) in [5.41, 5.74) is -1.95. The summed E-state index contributed by atoms with van der Waals surface area (Å²) in [6, 6.07) is 5.96. The molecule has 0 saturated carbocycles. The van der Waals surface area contributed by atoms with Gasteiger partial charge < -0.3 is 14.4 Å². The molecule has 0 aliphatic carbocycles. The van der Waals surface area contributed by atoms with Crippen molar-refractivity contribution in [1.82, 2.24) is 4.90 Å². The predicted molar refractivity (Wildman–Crippen MR) is 106 cm³/mol. The van der Waals surface area contributed by atoms with Crippen LogP contribution in [-0.4, -0.2) is 42.3 Å². The normalized spacial score (nSPS) is 17.2. The van der Waals surface area contributed by atoms with Crippen molar-refractivity contribution >= 4 is 23.7 Å². The minimum absolute atomic E-state index is 0.105. The molecule has 6 nitrogen and oxygen atoms in total. The molecular weight excluding hydrogens is 399 g/mol. The molecule has 8 heteroatoms. The Labute approximate surface area is 175 Å². The zero-order valence-corrected chi connectivity index (χ0v) is 17.9. The average Bonchev–Trinajstić information content (AvgIpc) is 2.65. The third kappa shape index (κ3) is 4.99. The number of ether oxygens (including phenoxy) is 2. The molecule has 1 unspecified atom stereocenters. The molecule has 29 heavy (non-hydrogen) atoms. The van der Waals surface area contributed by atoms with E-state index in [4.69, 9.17) is 21.1 Å². The number of nitriles is 1. The average molecular weight is 425 g/mol. The molecule has 1 aromatic carbocycles. The van der Waals surface area contributed by atoms with Crippen LogP contribution in [0.5, 0.6) is 0 Å². The number of carbonyl (C=O) groups is 2. The van der Waals surface area contributed by atoms with Gasteiger partial charge in [-0.05, 0) is 64.2 Å². The number of benzene rings is 1. The molecule has 1 aliphatic rings. The first-order valence-electron chi connectivity index (χ1n) is 9.57. The van der Waals surface area contributed by atoms with Gasteiger partial charge in [-0.15, -0.1) is 0 Å². The number of halogens is 2. The van der Waals surface area contributed by atoms with Crippen LogP contribution in [0.4, 0.5) is 9.18 Å². The van der Waals surface area contributed by atoms with Crippen molar-refractivity contribution in [2.75, 3.05) is 19.7 Å². The van der Waals surface area contributed by atoms with Crippen molar-refractivity contribution in [3.8, 4) is 6.07 Å². The summed E-state index contributed by atoms with van der Waals surface area (Å²) >= 11 is 5.92. The smallest absolute Gasteiger partial charge is 0.410 e. The Hall–Kier alpha value is -2.33. The van der Waals surface area contributed by atoms with Crippen molar-refractivity contribution in [3.63, 3.8) is 0 Å². The van der Waals surface area contributed by atoms with Crippen molar-refractivity contribution in [2.45, 2.75) is 51.6 Å². The molecule has 158 valence electrons. The minimum atomic E-state index is -1.63. The topological polar surface area (TPSA) is 79.6 Å². The number of piperidine rings is 1. The van der Waals surface area contributed by atoms with Crippen LogP contribution >= 0.6 is 11.6 Å². The van der Waals surface area contributed by atoms with E-state index >= 15 is 0 Å². The number of amides is 1. The van der Waals surface area contributed by atoms with Gasteiger partial charge in [0.2, 0.25) is 0 Å². The van der Waals surface area contributed by atoms with Crippen LogP contribution in [0, 0.1) is 23.1 Å². The fourth-order valence-corrected chi connectivity index (χ4v) is 3.71. The molecule has 1 aromatic rings. The highest BCUT2D eigenvalue weighted by Crippen LogP contribution is 2.41. The van der Waals surface area contributed by atoms with E-state index in [1.54, 1.807) is 32.6 Å². The van der Waals surface area contributed by atoms with Gasteiger partial charge in [0.15, 0.2) is 5.41 Å². The van der Waals surface area contributed by atoms with Gasteiger partial charge in [-0.3, -0.25) is 0 Å². The van der Waals surface area contributed by atoms with Gasteiger partial charge in [-0.2, -0.15) is 5.26 Å². The van der Waals surface area contributed by atoms with E-state index in [9.17, 15) is 19.2 Å². The first-order chi connectivity index (χ1) is 13.5. The Bertz CT molecular complexity index is 810. The van der Waals surface area contributed by atoms with Crippen LogP contribution in [0.2, 0.25) is 5.02 Å². The van der Waals surface area contributed by atoms with Gasteiger partial charge >= 0.3 is 12.1 Å². The molecule has 2 rings (SSSR count). The molecule has 1 aliphatic heterocycles. The van der Waals surface area contributed by atoms with Crippen LogP contribution < -0.4 is 0 Å². The molecular formula is C21H26ClFN2O4. The first-order valence-corrected chi connectivity index (χ1v) is 9.95. The Morgan fingerprint density at radius 1 is 1.31 bits per heavy atom. The molecule has 0 aromatic heterocycles. The summed E-state index contributed by atoms with van der Waals surface area (Å²) in [5.74, 6) is -1.75. The maximum Gasteiger partial charge on any atom is 0.410 e. The summed E-state index contributed by atoms with van der Waals surface area (Å²) in [6.07, 6.45) is 0.348. The van der Waals surface area contributed by atoms with E-state index in [0.717, 1.165) is 6.07 Å². The number of hydrogen-bond donors (Lipinski definition) is 0. The van der Waals surface area contributed by atoms with Crippen LogP contribution in [-0.2, 0) is 19.7 Å². The summed E-state index contributed by atoms with van der Waals surface area (Å²) < 4.78 is 24.3. The van der Waals surface area contributed by atoms with Crippen molar-refractivity contribution < 1.29 is 23.5 Å². The van der Waals surface area contributed by atoms with Gasteiger partial charge in [0.05, 0.1) is 17.7 Å². The predicted octanol–water partition coefficient (Wildman–Crippen LogP) is 4.45. The lowest BCUT2D eigenvalue weighted by molar-refractivity contribution is -0.150. The summed E-state index contributed by atoms with van der Waals surface area (Å²) in [5, 5.41) is 9.91. The molecule has 1 fully saturated rings. The molecule has 1 saturated heterocycles. The van der Waals surface area contributed by atoms with Crippen molar-refractivity contribution in [3.05, 3.63) is 34.6 Å². The molecule has 0 N–H and O–H groups in total. The Kier molecular flexibility index (Phi) is 7.12. The first kappa shape index (κ1) is 23.0. The van der Waals surface area contributed by atoms with E-state index in [-0.39, 0.29) is 11.6 Å². The van der Waals surface area contributed by atoms with E-state index in [0.29, 0.717) is 31.5 Å². The summed E-state index contributed by atoms with van der Waals surface area (Å²) in [7, 11) is 0. The van der Waals surface area contributed by atoms with E-state index in [1.807, 2.05) is 0 Å². The van der Waals surface area contributed by atoms with Crippen LogP contribution in [0.15, 0.2) is 18.2 Å². The molecule has 0 radical (unpaired) electrons. The monoisotopic (exact) mass is 424 g/mol. The van der Waals surface area contributed by atoms with Gasteiger partial charge in [-0.1, -0.05) is 17.7 Å². The Balaban J connectivity index is 2.32. The number of nitrogens with zero attached hydrogens (tertiary/aromatic N) is 2. The third-order valence-electron chi connectivity index (χ3n) is 4.91. The second-order valence-corrected chi connectivity index (χ2v) is 8.42. The fraction of sp³-hybridized carbons (Fsp3) is 0.571. The highest BCUT2D eigenvalue weighted by atomic mass is 35.5. The second-order valence-electron chi connectivity index (χ2n) is 8.01. The molecule has 0 spiro atoms. The number of rotatable bonds is 4. The number of hydrogen-bond acceptors (Lipinski definition) is 5. The largest absolute Gasteiger partial charge is 0.465 e. The highest BCUT2D eigenvalue weighted by Gasteiger charge is 2.50. The van der Waals surface area contributed by atoms with Crippen molar-refractivity contribution in [1.29, 1.82) is 5.26 Å². The number of esters is 1. The maximum atomic E-state index is 13.7. The Morgan fingerprint density at radius 2 is 1.93 bits per heavy atom. The number of carbonyl (C=O) groups excluding carboxylic acids is 2. The quantitative estimate of drug-likeness (QED) is 0.667. The summed E-state index contributed by atoms with van der Waals surface area (Å²) in [4.78, 5) is 26.8. The number of likely N-dealkylation sites (tertiary alicyclic amines) is 1. The summed E-state index contributed by atoms with van der Waals surface area (Å²) in [6.45, 7) is 7.79. The van der Waals surface area contributed by atoms with Crippen LogP contribution in [0.3, 0.4) is 0 Å². The third-order valence-corrected chi connectivity index (χ3v) is 5.20. The lowest BCUT2D eigenvalue weighted by Crippen LogP contribution is -2.50. The van der Waals surface area contributed by atoms with Gasteiger partial charge in [0, 0.05) is 13.1 Å². The lowest BCUT2D eigenvalue weighted by Gasteiger charge is -2.39. The lowest BCUT2D eigenvalue weighted by atomic mass is 9.67. The molecule has 1 amide bonds. The van der Waals surface area contributed by atoms with E-state index in [2.05, 4.69) is 6.07 Å². The van der Waals surface area contributed by atoms with Gasteiger partial charge in [0.25, 0.3) is 0 Å². The molecule has 1 atom stereocenters. The van der Waals surface area contributed by atoms with Gasteiger partial charge in [0.1, 0.15) is 11.4 Å². The van der Waals surface area contributed by atoms with Crippen molar-refractivity contribution in [2.24, 2.45) is 5.92 Å². The van der Waals surface area contributed by atoms with E-state index < -0.39 is 34.8 Å². The van der Waals surface area contributed by atoms with Crippen LogP contribution in [0.25, 0.3) is 0 Å². The Morgan fingerprint density at radius 3 is 2.41 bits per heavy atom. The molecule has 0 bridgehead atoms. The molecule has 1 heterocycles.